The van der Waals surface area contributed by atoms with Gasteiger partial charge >= 0.3 is 0 Å². The van der Waals surface area contributed by atoms with Crippen LogP contribution in [-0.4, -0.2) is 15.4 Å². The molecule has 0 unspecified atom stereocenters. The van der Waals surface area contributed by atoms with Gasteiger partial charge in [-0.15, -0.1) is 0 Å². The van der Waals surface area contributed by atoms with Gasteiger partial charge in [-0.25, -0.2) is 9.13 Å². The smallest absolute Gasteiger partial charge is 0.245 e. The molecule has 0 aliphatic rings. The van der Waals surface area contributed by atoms with E-state index in [1.807, 2.05) is 6.07 Å². The van der Waals surface area contributed by atoms with Crippen molar-refractivity contribution in [3.8, 4) is 0 Å². The van der Waals surface area contributed by atoms with Gasteiger partial charge in [0.2, 0.25) is 6.33 Å². The Labute approximate surface area is 140 Å². The van der Waals surface area contributed by atoms with Crippen LogP contribution in [0.3, 0.4) is 0 Å². The van der Waals surface area contributed by atoms with Crippen LogP contribution in [0.15, 0.2) is 60.9 Å². The fourth-order valence-electron chi connectivity index (χ4n) is 2.78. The molecular weight excluding hydrogens is 304 g/mol. The minimum atomic E-state index is 0.196. The summed E-state index contributed by atoms with van der Waals surface area (Å²) in [6.07, 6.45) is 3.18. The SMILES string of the molecule is CC(=O)SCCCn1c[n+](Cc2ccccc2)c2ccccc21. The molecule has 0 N–H and O–H groups in total. The van der Waals surface area contributed by atoms with E-state index in [-0.39, 0.29) is 5.12 Å². The standard InChI is InChI=1S/C19H21N2OS/c1-16(22)23-13-7-12-20-15-21(14-17-8-3-2-4-9-17)19-11-6-5-10-18(19)20/h2-6,8-11,15H,7,12-14H2,1H3/q+1. The van der Waals surface area contributed by atoms with Crippen LogP contribution in [0.2, 0.25) is 0 Å². The van der Waals surface area contributed by atoms with Gasteiger partial charge in [-0.2, -0.15) is 0 Å². The molecule has 118 valence electrons. The Hall–Kier alpha value is -2.07. The quantitative estimate of drug-likeness (QED) is 0.511. The highest BCUT2D eigenvalue weighted by atomic mass is 32.2. The predicted octanol–water partition coefficient (Wildman–Crippen LogP) is 3.65. The molecule has 0 bridgehead atoms. The Morgan fingerprint density at radius 3 is 2.61 bits per heavy atom. The lowest BCUT2D eigenvalue weighted by Gasteiger charge is -1.98. The van der Waals surface area contributed by atoms with Crippen molar-refractivity contribution in [2.45, 2.75) is 26.4 Å². The maximum absolute atomic E-state index is 11.0. The number of aryl methyl sites for hydroxylation is 1. The first-order valence-electron chi connectivity index (χ1n) is 7.88. The molecule has 3 rings (SSSR count). The van der Waals surface area contributed by atoms with E-state index in [1.165, 1.54) is 28.4 Å². The fraction of sp³-hybridized carbons (Fsp3) is 0.263. The second-order valence-corrected chi connectivity index (χ2v) is 6.88. The first kappa shape index (κ1) is 15.8. The molecule has 1 aromatic heterocycles. The van der Waals surface area contributed by atoms with E-state index in [4.69, 9.17) is 0 Å². The molecule has 0 fully saturated rings. The van der Waals surface area contributed by atoms with Gasteiger partial charge in [0, 0.05) is 12.7 Å². The number of benzene rings is 2. The molecular formula is C19H21N2OS+. The number of nitrogens with zero attached hydrogens (tertiary/aromatic N) is 2. The summed E-state index contributed by atoms with van der Waals surface area (Å²) in [6, 6.07) is 19.0. The monoisotopic (exact) mass is 325 g/mol. The third-order valence-corrected chi connectivity index (χ3v) is 4.72. The lowest BCUT2D eigenvalue weighted by atomic mass is 10.2. The normalized spacial score (nSPS) is 11.0. The molecule has 2 aromatic carbocycles. The van der Waals surface area contributed by atoms with Gasteiger partial charge in [-0.05, 0) is 24.1 Å². The highest BCUT2D eigenvalue weighted by molar-refractivity contribution is 8.13. The van der Waals surface area contributed by atoms with Crippen molar-refractivity contribution in [3.63, 3.8) is 0 Å². The van der Waals surface area contributed by atoms with Crippen LogP contribution in [0.1, 0.15) is 18.9 Å². The van der Waals surface area contributed by atoms with Crippen molar-refractivity contribution in [1.29, 1.82) is 0 Å². The van der Waals surface area contributed by atoms with Crippen LogP contribution in [0, 0.1) is 0 Å². The summed E-state index contributed by atoms with van der Waals surface area (Å²) in [6.45, 7) is 3.43. The first-order chi connectivity index (χ1) is 11.2. The van der Waals surface area contributed by atoms with E-state index in [1.54, 1.807) is 6.92 Å². The summed E-state index contributed by atoms with van der Waals surface area (Å²) >= 11 is 1.41. The number of imidazole rings is 1. The van der Waals surface area contributed by atoms with Crippen LogP contribution in [0.4, 0.5) is 0 Å². The van der Waals surface area contributed by atoms with E-state index in [9.17, 15) is 4.79 Å². The molecule has 0 aliphatic carbocycles. The number of hydrogen-bond donors (Lipinski definition) is 0. The van der Waals surface area contributed by atoms with Gasteiger partial charge in [0.15, 0.2) is 16.1 Å². The summed E-state index contributed by atoms with van der Waals surface area (Å²) < 4.78 is 4.59. The Morgan fingerprint density at radius 1 is 1.09 bits per heavy atom. The van der Waals surface area contributed by atoms with Gasteiger partial charge in [0.05, 0.1) is 6.54 Å². The van der Waals surface area contributed by atoms with Crippen LogP contribution in [0.25, 0.3) is 11.0 Å². The third kappa shape index (κ3) is 4.02. The number of para-hydroxylation sites is 2. The minimum absolute atomic E-state index is 0.196. The third-order valence-electron chi connectivity index (χ3n) is 3.82. The Morgan fingerprint density at radius 2 is 1.83 bits per heavy atom. The van der Waals surface area contributed by atoms with Gasteiger partial charge in [-0.3, -0.25) is 4.79 Å². The molecule has 0 spiro atoms. The number of aromatic nitrogens is 2. The highest BCUT2D eigenvalue weighted by Gasteiger charge is 2.15. The van der Waals surface area contributed by atoms with Crippen LogP contribution in [-0.2, 0) is 17.9 Å². The maximum Gasteiger partial charge on any atom is 0.245 e. The molecule has 0 amide bonds. The van der Waals surface area contributed by atoms with Crippen LogP contribution < -0.4 is 4.57 Å². The summed E-state index contributed by atoms with van der Waals surface area (Å²) in [7, 11) is 0. The molecule has 0 atom stereocenters. The Balaban J connectivity index is 1.80. The second kappa shape index (κ2) is 7.47. The largest absolute Gasteiger partial charge is 0.288 e. The Kier molecular flexibility index (Phi) is 5.13. The molecule has 0 saturated heterocycles. The zero-order chi connectivity index (χ0) is 16.1. The van der Waals surface area contributed by atoms with Crippen molar-refractivity contribution in [3.05, 3.63) is 66.5 Å². The molecule has 0 radical (unpaired) electrons. The number of hydrogen-bond acceptors (Lipinski definition) is 2. The van der Waals surface area contributed by atoms with E-state index in [0.717, 1.165) is 25.3 Å². The topological polar surface area (TPSA) is 25.9 Å². The van der Waals surface area contributed by atoms with Gasteiger partial charge < -0.3 is 0 Å². The number of fused-ring (bicyclic) bond motifs is 1. The average Bonchev–Trinajstić information content (AvgIpc) is 2.91. The number of carbonyl (C=O) groups is 1. The molecule has 0 aliphatic heterocycles. The lowest BCUT2D eigenvalue weighted by Crippen LogP contribution is -2.32. The van der Waals surface area contributed by atoms with Gasteiger partial charge in [-0.1, -0.05) is 54.2 Å². The molecule has 0 saturated carbocycles. The number of rotatable bonds is 6. The van der Waals surface area contributed by atoms with Crippen molar-refractivity contribution < 1.29 is 9.36 Å². The molecule has 23 heavy (non-hydrogen) atoms. The van der Waals surface area contributed by atoms with E-state index >= 15 is 0 Å². The fourth-order valence-corrected chi connectivity index (χ4v) is 3.34. The summed E-state index contributed by atoms with van der Waals surface area (Å²) in [5.41, 5.74) is 3.79. The van der Waals surface area contributed by atoms with Crippen LogP contribution >= 0.6 is 11.8 Å². The van der Waals surface area contributed by atoms with E-state index < -0.39 is 0 Å². The number of carbonyl (C=O) groups excluding carboxylic acids is 1. The molecule has 3 aromatic rings. The van der Waals surface area contributed by atoms with Crippen molar-refractivity contribution >= 4 is 27.9 Å². The number of thioether (sulfide) groups is 1. The second-order valence-electron chi connectivity index (χ2n) is 5.60. The molecule has 4 heteroatoms. The average molecular weight is 325 g/mol. The Bertz CT molecular complexity index is 795. The van der Waals surface area contributed by atoms with E-state index in [0.29, 0.717) is 0 Å². The first-order valence-corrected chi connectivity index (χ1v) is 8.87. The van der Waals surface area contributed by atoms with E-state index in [2.05, 4.69) is 64.0 Å². The lowest BCUT2D eigenvalue weighted by molar-refractivity contribution is -0.663. The van der Waals surface area contributed by atoms with Gasteiger partial charge in [0.25, 0.3) is 0 Å². The highest BCUT2D eigenvalue weighted by Crippen LogP contribution is 2.13. The summed E-state index contributed by atoms with van der Waals surface area (Å²) in [5.74, 6) is 0.876. The van der Waals surface area contributed by atoms with Crippen molar-refractivity contribution in [2.24, 2.45) is 0 Å². The van der Waals surface area contributed by atoms with Crippen molar-refractivity contribution in [1.82, 2.24) is 4.57 Å². The van der Waals surface area contributed by atoms with Crippen molar-refractivity contribution in [2.75, 3.05) is 5.75 Å². The minimum Gasteiger partial charge on any atom is -0.288 e. The molecule has 1 heterocycles. The maximum atomic E-state index is 11.0. The zero-order valence-electron chi connectivity index (χ0n) is 13.3. The van der Waals surface area contributed by atoms with Gasteiger partial charge in [0.1, 0.15) is 6.54 Å². The van der Waals surface area contributed by atoms with Crippen LogP contribution in [0.5, 0.6) is 0 Å². The zero-order valence-corrected chi connectivity index (χ0v) is 14.1. The summed E-state index contributed by atoms with van der Waals surface area (Å²) in [5, 5.41) is 0.196. The molecule has 3 nitrogen and oxygen atoms in total. The predicted molar refractivity (Wildman–Crippen MR) is 95.4 cm³/mol. The summed E-state index contributed by atoms with van der Waals surface area (Å²) in [4.78, 5) is 11.0.